The van der Waals surface area contributed by atoms with E-state index in [-0.39, 0.29) is 0 Å². The van der Waals surface area contributed by atoms with Crippen molar-refractivity contribution in [3.05, 3.63) is 10.5 Å². The number of terminal acetylenes is 1. The Labute approximate surface area is 74.6 Å². The minimum Gasteiger partial charge on any atom is -0.361 e. The van der Waals surface area contributed by atoms with E-state index in [0.717, 1.165) is 11.7 Å². The van der Waals surface area contributed by atoms with Crippen LogP contribution in [-0.2, 0) is 0 Å². The average molecular weight is 187 g/mol. The summed E-state index contributed by atoms with van der Waals surface area (Å²) < 4.78 is 0.688. The van der Waals surface area contributed by atoms with Crippen molar-refractivity contribution in [3.63, 3.8) is 0 Å². The van der Waals surface area contributed by atoms with Gasteiger partial charge in [-0.15, -0.1) is 12.3 Å². The third-order valence-corrected chi connectivity index (χ3v) is 2.10. The van der Waals surface area contributed by atoms with Crippen molar-refractivity contribution in [1.82, 2.24) is 4.98 Å². The smallest absolute Gasteiger partial charge is 0.184 e. The lowest BCUT2D eigenvalue weighted by Gasteiger charge is -1.95. The maximum Gasteiger partial charge on any atom is 0.184 e. The maximum atomic E-state index is 5.65. The molecule has 1 aromatic rings. The number of nitrogens with one attached hydrogen (secondary N) is 1. The predicted molar refractivity (Wildman–Crippen MR) is 49.1 cm³/mol. The normalized spacial score (nSPS) is 9.09. The molecule has 1 rings (SSSR count). The van der Waals surface area contributed by atoms with Crippen molar-refractivity contribution >= 4 is 28.1 Å². The molecule has 1 heterocycles. The highest BCUT2D eigenvalue weighted by molar-refractivity contribution is 7.19. The summed E-state index contributed by atoms with van der Waals surface area (Å²) in [5.74, 6) is 2.53. The van der Waals surface area contributed by atoms with Crippen LogP contribution in [0.5, 0.6) is 0 Å². The molecular formula is C7H7ClN2S. The van der Waals surface area contributed by atoms with Crippen molar-refractivity contribution in [3.8, 4) is 12.3 Å². The number of rotatable bonds is 3. The SMILES string of the molecule is C#CCCNc1ncc(Cl)s1. The Hall–Kier alpha value is -0.720. The van der Waals surface area contributed by atoms with E-state index < -0.39 is 0 Å². The molecule has 2 nitrogen and oxygen atoms in total. The number of hydrogen-bond acceptors (Lipinski definition) is 3. The Morgan fingerprint density at radius 3 is 3.18 bits per heavy atom. The molecule has 0 saturated heterocycles. The fourth-order valence-electron chi connectivity index (χ4n) is 0.578. The molecule has 0 atom stereocenters. The van der Waals surface area contributed by atoms with Crippen LogP contribution in [0, 0.1) is 12.3 Å². The minimum absolute atomic E-state index is 0.688. The van der Waals surface area contributed by atoms with E-state index >= 15 is 0 Å². The zero-order chi connectivity index (χ0) is 8.10. The van der Waals surface area contributed by atoms with Gasteiger partial charge in [0.05, 0.1) is 6.20 Å². The van der Waals surface area contributed by atoms with Crippen molar-refractivity contribution in [1.29, 1.82) is 0 Å². The summed E-state index contributed by atoms with van der Waals surface area (Å²) in [5, 5.41) is 3.87. The first-order valence-corrected chi connectivity index (χ1v) is 4.31. The molecule has 0 amide bonds. The Kier molecular flexibility index (Phi) is 3.21. The van der Waals surface area contributed by atoms with Crippen LogP contribution in [-0.4, -0.2) is 11.5 Å². The molecule has 0 aliphatic heterocycles. The van der Waals surface area contributed by atoms with E-state index in [0.29, 0.717) is 10.8 Å². The highest BCUT2D eigenvalue weighted by atomic mass is 35.5. The first-order valence-electron chi connectivity index (χ1n) is 3.11. The molecule has 0 fully saturated rings. The maximum absolute atomic E-state index is 5.65. The van der Waals surface area contributed by atoms with Gasteiger partial charge in [-0.3, -0.25) is 0 Å². The predicted octanol–water partition coefficient (Wildman–Crippen LogP) is 2.23. The van der Waals surface area contributed by atoms with Gasteiger partial charge in [0.2, 0.25) is 0 Å². The van der Waals surface area contributed by atoms with Crippen LogP contribution in [0.15, 0.2) is 6.20 Å². The molecule has 0 spiro atoms. The second-order valence-corrected chi connectivity index (χ2v) is 3.51. The lowest BCUT2D eigenvalue weighted by atomic mass is 10.4. The van der Waals surface area contributed by atoms with Crippen LogP contribution in [0.25, 0.3) is 0 Å². The van der Waals surface area contributed by atoms with Crippen LogP contribution in [0.2, 0.25) is 4.34 Å². The van der Waals surface area contributed by atoms with Gasteiger partial charge in [-0.05, 0) is 0 Å². The van der Waals surface area contributed by atoms with Crippen LogP contribution in [0.4, 0.5) is 5.13 Å². The monoisotopic (exact) mass is 186 g/mol. The highest BCUT2D eigenvalue weighted by Crippen LogP contribution is 2.22. The number of anilines is 1. The van der Waals surface area contributed by atoms with Crippen LogP contribution in [0.1, 0.15) is 6.42 Å². The van der Waals surface area contributed by atoms with E-state index in [2.05, 4.69) is 16.2 Å². The van der Waals surface area contributed by atoms with Crippen LogP contribution in [0.3, 0.4) is 0 Å². The Bertz CT molecular complexity index is 264. The summed E-state index contributed by atoms with van der Waals surface area (Å²) in [4.78, 5) is 3.99. The van der Waals surface area contributed by atoms with Gasteiger partial charge >= 0.3 is 0 Å². The minimum atomic E-state index is 0.688. The van der Waals surface area contributed by atoms with E-state index in [4.69, 9.17) is 18.0 Å². The lowest BCUT2D eigenvalue weighted by Crippen LogP contribution is -1.98. The molecule has 0 aromatic carbocycles. The second kappa shape index (κ2) is 4.22. The molecule has 11 heavy (non-hydrogen) atoms. The quantitative estimate of drug-likeness (QED) is 0.579. The molecule has 1 N–H and O–H groups in total. The molecule has 0 bridgehead atoms. The number of thiazole rings is 1. The molecule has 58 valence electrons. The van der Waals surface area contributed by atoms with Crippen molar-refractivity contribution < 1.29 is 0 Å². The summed E-state index contributed by atoms with van der Waals surface area (Å²) in [6, 6.07) is 0. The fourth-order valence-corrected chi connectivity index (χ4v) is 1.42. The molecule has 4 heteroatoms. The summed E-state index contributed by atoms with van der Waals surface area (Å²) in [7, 11) is 0. The van der Waals surface area contributed by atoms with Gasteiger partial charge in [-0.25, -0.2) is 4.98 Å². The standard InChI is InChI=1S/C7H7ClN2S/c1-2-3-4-9-7-10-5-6(8)11-7/h1,5H,3-4H2,(H,9,10). The number of nitrogens with zero attached hydrogens (tertiary/aromatic N) is 1. The zero-order valence-corrected chi connectivity index (χ0v) is 7.37. The van der Waals surface area contributed by atoms with E-state index in [9.17, 15) is 0 Å². The van der Waals surface area contributed by atoms with Crippen molar-refractivity contribution in [2.75, 3.05) is 11.9 Å². The third kappa shape index (κ3) is 2.79. The van der Waals surface area contributed by atoms with Gasteiger partial charge in [0.25, 0.3) is 0 Å². The van der Waals surface area contributed by atoms with Gasteiger partial charge in [0, 0.05) is 13.0 Å². The van der Waals surface area contributed by atoms with Gasteiger partial charge in [0.15, 0.2) is 5.13 Å². The molecule has 1 aromatic heterocycles. The number of hydrogen-bond donors (Lipinski definition) is 1. The molecule has 0 unspecified atom stereocenters. The van der Waals surface area contributed by atoms with Crippen LogP contribution >= 0.6 is 22.9 Å². The molecule has 0 radical (unpaired) electrons. The molecule has 0 saturated carbocycles. The third-order valence-electron chi connectivity index (χ3n) is 1.02. The Balaban J connectivity index is 2.34. The summed E-state index contributed by atoms with van der Waals surface area (Å²) in [6.45, 7) is 0.750. The first-order chi connectivity index (χ1) is 5.33. The first kappa shape index (κ1) is 8.38. The van der Waals surface area contributed by atoms with Gasteiger partial charge in [-0.2, -0.15) is 0 Å². The zero-order valence-electron chi connectivity index (χ0n) is 5.80. The molecule has 0 aliphatic carbocycles. The van der Waals surface area contributed by atoms with Crippen LogP contribution < -0.4 is 5.32 Å². The Morgan fingerprint density at radius 1 is 1.82 bits per heavy atom. The van der Waals surface area contributed by atoms with Crippen molar-refractivity contribution in [2.24, 2.45) is 0 Å². The molecule has 0 aliphatic rings. The average Bonchev–Trinajstić information content (AvgIpc) is 2.37. The van der Waals surface area contributed by atoms with E-state index in [1.54, 1.807) is 6.20 Å². The lowest BCUT2D eigenvalue weighted by molar-refractivity contribution is 1.09. The molecular weight excluding hydrogens is 180 g/mol. The van der Waals surface area contributed by atoms with Gasteiger partial charge < -0.3 is 5.32 Å². The summed E-state index contributed by atoms with van der Waals surface area (Å²) >= 11 is 7.06. The Morgan fingerprint density at radius 2 is 2.64 bits per heavy atom. The number of halogens is 1. The number of aromatic nitrogens is 1. The summed E-state index contributed by atoms with van der Waals surface area (Å²) in [6.07, 6.45) is 7.39. The second-order valence-electron chi connectivity index (χ2n) is 1.85. The van der Waals surface area contributed by atoms with Gasteiger partial charge in [0.1, 0.15) is 4.34 Å². The fraction of sp³-hybridized carbons (Fsp3) is 0.286. The van der Waals surface area contributed by atoms with E-state index in [1.807, 2.05) is 0 Å². The topological polar surface area (TPSA) is 24.9 Å². The van der Waals surface area contributed by atoms with Gasteiger partial charge in [-0.1, -0.05) is 22.9 Å². The van der Waals surface area contributed by atoms with Crippen molar-refractivity contribution in [2.45, 2.75) is 6.42 Å². The summed E-state index contributed by atoms with van der Waals surface area (Å²) in [5.41, 5.74) is 0. The largest absolute Gasteiger partial charge is 0.361 e. The highest BCUT2D eigenvalue weighted by Gasteiger charge is 1.96. The van der Waals surface area contributed by atoms with E-state index in [1.165, 1.54) is 11.3 Å².